The van der Waals surface area contributed by atoms with Crippen molar-refractivity contribution in [2.45, 2.75) is 17.6 Å². The van der Waals surface area contributed by atoms with Gasteiger partial charge in [0.2, 0.25) is 0 Å². The number of hydrogen-bond donors (Lipinski definition) is 1. The zero-order chi connectivity index (χ0) is 13.1. The van der Waals surface area contributed by atoms with Crippen molar-refractivity contribution in [2.75, 3.05) is 5.73 Å². The summed E-state index contributed by atoms with van der Waals surface area (Å²) in [6.07, 6.45) is 0. The van der Waals surface area contributed by atoms with E-state index in [-0.39, 0.29) is 11.6 Å². The molecule has 2 rings (SSSR count). The fourth-order valence-corrected chi connectivity index (χ4v) is 2.92. The minimum absolute atomic E-state index is 0.139. The lowest BCUT2D eigenvalue weighted by molar-refractivity contribution is 0.615. The maximum atomic E-state index is 13.5. The summed E-state index contributed by atoms with van der Waals surface area (Å²) in [5.41, 5.74) is 7.77. The molecular weight excluding hydrogens is 249 g/mol. The van der Waals surface area contributed by atoms with E-state index < -0.39 is 10.8 Å². The molecule has 1 atom stereocenters. The molecule has 0 aliphatic heterocycles. The van der Waals surface area contributed by atoms with E-state index >= 15 is 0 Å². The van der Waals surface area contributed by atoms with Gasteiger partial charge in [-0.2, -0.15) is 0 Å². The fraction of sp³-hybridized carbons (Fsp3) is 0.143. The summed E-state index contributed by atoms with van der Waals surface area (Å²) in [5.74, 6) is -0.198. The molecule has 0 bridgehead atoms. The van der Waals surface area contributed by atoms with Crippen LogP contribution in [0.4, 0.5) is 10.1 Å². The smallest absolute Gasteiger partial charge is 0.127 e. The van der Waals surface area contributed by atoms with Crippen LogP contribution in [0.15, 0.2) is 47.4 Å². The van der Waals surface area contributed by atoms with Crippen LogP contribution in [0.1, 0.15) is 11.1 Å². The maximum absolute atomic E-state index is 13.5. The Hall–Kier alpha value is -1.68. The lowest BCUT2D eigenvalue weighted by Crippen LogP contribution is -2.02. The number of nitrogens with two attached hydrogens (primary N) is 1. The highest BCUT2D eigenvalue weighted by Gasteiger charge is 2.11. The van der Waals surface area contributed by atoms with Crippen molar-refractivity contribution >= 4 is 16.5 Å². The van der Waals surface area contributed by atoms with Crippen LogP contribution in [-0.4, -0.2) is 4.21 Å². The van der Waals surface area contributed by atoms with Gasteiger partial charge < -0.3 is 5.73 Å². The lowest BCUT2D eigenvalue weighted by atomic mass is 10.2. The molecule has 0 amide bonds. The van der Waals surface area contributed by atoms with Crippen LogP contribution >= 0.6 is 0 Å². The van der Waals surface area contributed by atoms with E-state index in [2.05, 4.69) is 0 Å². The molecule has 0 saturated carbocycles. The van der Waals surface area contributed by atoms with Gasteiger partial charge in [-0.25, -0.2) is 4.39 Å². The third-order valence-electron chi connectivity index (χ3n) is 2.66. The predicted molar refractivity (Wildman–Crippen MR) is 72.1 cm³/mol. The van der Waals surface area contributed by atoms with Gasteiger partial charge in [0.15, 0.2) is 0 Å². The third kappa shape index (κ3) is 2.76. The Morgan fingerprint density at radius 3 is 2.61 bits per heavy atom. The Morgan fingerprint density at radius 1 is 1.22 bits per heavy atom. The van der Waals surface area contributed by atoms with Gasteiger partial charge in [0.05, 0.1) is 21.4 Å². The van der Waals surface area contributed by atoms with Crippen molar-refractivity contribution in [3.8, 4) is 0 Å². The molecule has 0 aromatic heterocycles. The largest absolute Gasteiger partial charge is 0.398 e. The maximum Gasteiger partial charge on any atom is 0.127 e. The summed E-state index contributed by atoms with van der Waals surface area (Å²) < 4.78 is 25.6. The van der Waals surface area contributed by atoms with Gasteiger partial charge in [0.25, 0.3) is 0 Å². The van der Waals surface area contributed by atoms with Gasteiger partial charge in [0.1, 0.15) is 5.82 Å². The Kier molecular flexibility index (Phi) is 3.77. The van der Waals surface area contributed by atoms with Gasteiger partial charge in [-0.15, -0.1) is 0 Å². The Bertz CT molecular complexity index is 598. The van der Waals surface area contributed by atoms with E-state index in [1.165, 1.54) is 6.07 Å². The van der Waals surface area contributed by atoms with Crippen molar-refractivity contribution < 1.29 is 8.60 Å². The second kappa shape index (κ2) is 5.31. The molecule has 2 aromatic carbocycles. The van der Waals surface area contributed by atoms with Gasteiger partial charge >= 0.3 is 0 Å². The molecular formula is C14H14FNOS. The van der Waals surface area contributed by atoms with Crippen molar-refractivity contribution in [3.63, 3.8) is 0 Å². The highest BCUT2D eigenvalue weighted by molar-refractivity contribution is 7.84. The standard InChI is InChI=1S/C14H14FNOS/c1-10-6-7-14(13(16)8-10)18(17)9-11-4-2-3-5-12(11)15/h2-8H,9,16H2,1H3. The molecule has 0 aliphatic rings. The normalized spacial score (nSPS) is 12.3. The zero-order valence-corrected chi connectivity index (χ0v) is 10.8. The number of aryl methyl sites for hydroxylation is 1. The van der Waals surface area contributed by atoms with Crippen molar-refractivity contribution in [1.29, 1.82) is 0 Å². The van der Waals surface area contributed by atoms with Crippen LogP contribution < -0.4 is 5.73 Å². The summed E-state index contributed by atoms with van der Waals surface area (Å²) in [4.78, 5) is 0.559. The van der Waals surface area contributed by atoms with E-state index in [0.29, 0.717) is 16.1 Å². The SMILES string of the molecule is Cc1ccc(S(=O)Cc2ccccc2F)c(N)c1. The van der Waals surface area contributed by atoms with E-state index in [9.17, 15) is 8.60 Å². The predicted octanol–water partition coefficient (Wildman–Crippen LogP) is 3.02. The molecule has 2 aromatic rings. The second-order valence-corrected chi connectivity index (χ2v) is 5.54. The van der Waals surface area contributed by atoms with Crippen LogP contribution in [0, 0.1) is 12.7 Å². The van der Waals surface area contributed by atoms with Gasteiger partial charge in [-0.1, -0.05) is 24.3 Å². The lowest BCUT2D eigenvalue weighted by Gasteiger charge is -2.07. The first-order valence-corrected chi connectivity index (χ1v) is 6.87. The molecule has 2 N–H and O–H groups in total. The Morgan fingerprint density at radius 2 is 1.94 bits per heavy atom. The Labute approximate surface area is 108 Å². The molecule has 18 heavy (non-hydrogen) atoms. The van der Waals surface area contributed by atoms with Crippen LogP contribution in [-0.2, 0) is 16.6 Å². The number of rotatable bonds is 3. The van der Waals surface area contributed by atoms with E-state index in [4.69, 9.17) is 5.73 Å². The highest BCUT2D eigenvalue weighted by Crippen LogP contribution is 2.21. The molecule has 1 unspecified atom stereocenters. The first-order chi connectivity index (χ1) is 8.58. The summed E-state index contributed by atoms with van der Waals surface area (Å²) in [6, 6.07) is 11.7. The molecule has 0 aliphatic carbocycles. The van der Waals surface area contributed by atoms with Crippen molar-refractivity contribution in [3.05, 3.63) is 59.4 Å². The minimum Gasteiger partial charge on any atom is -0.398 e. The van der Waals surface area contributed by atoms with Gasteiger partial charge in [0, 0.05) is 11.3 Å². The third-order valence-corrected chi connectivity index (χ3v) is 4.09. The van der Waals surface area contributed by atoms with E-state index in [0.717, 1.165) is 5.56 Å². The summed E-state index contributed by atoms with van der Waals surface area (Å²) in [5, 5.41) is 0. The van der Waals surface area contributed by atoms with Gasteiger partial charge in [-0.3, -0.25) is 4.21 Å². The first-order valence-electron chi connectivity index (χ1n) is 5.56. The van der Waals surface area contributed by atoms with Gasteiger partial charge in [-0.05, 0) is 30.7 Å². The molecule has 0 spiro atoms. The zero-order valence-electron chi connectivity index (χ0n) is 10.0. The van der Waals surface area contributed by atoms with Crippen LogP contribution in [0.3, 0.4) is 0 Å². The summed E-state index contributed by atoms with van der Waals surface area (Å²) in [6.45, 7) is 1.92. The average molecular weight is 263 g/mol. The van der Waals surface area contributed by atoms with E-state index in [1.807, 2.05) is 13.0 Å². The molecule has 0 fully saturated rings. The monoisotopic (exact) mass is 263 g/mol. The number of anilines is 1. The molecule has 0 radical (unpaired) electrons. The molecule has 0 heterocycles. The number of benzene rings is 2. The van der Waals surface area contributed by atoms with E-state index in [1.54, 1.807) is 30.3 Å². The highest BCUT2D eigenvalue weighted by atomic mass is 32.2. The molecule has 94 valence electrons. The molecule has 0 saturated heterocycles. The first kappa shape index (κ1) is 12.8. The fourth-order valence-electron chi connectivity index (χ4n) is 1.71. The molecule has 2 nitrogen and oxygen atoms in total. The second-order valence-electron chi connectivity index (χ2n) is 4.12. The number of hydrogen-bond acceptors (Lipinski definition) is 2. The molecule has 4 heteroatoms. The average Bonchev–Trinajstić information content (AvgIpc) is 2.32. The minimum atomic E-state index is -1.33. The number of halogens is 1. The quantitative estimate of drug-likeness (QED) is 0.865. The van der Waals surface area contributed by atoms with Crippen LogP contribution in [0.5, 0.6) is 0 Å². The van der Waals surface area contributed by atoms with Crippen molar-refractivity contribution in [1.82, 2.24) is 0 Å². The number of nitrogen functional groups attached to an aromatic ring is 1. The van der Waals surface area contributed by atoms with Crippen molar-refractivity contribution in [2.24, 2.45) is 0 Å². The van der Waals surface area contributed by atoms with Crippen LogP contribution in [0.25, 0.3) is 0 Å². The summed E-state index contributed by atoms with van der Waals surface area (Å²) >= 11 is 0. The topological polar surface area (TPSA) is 43.1 Å². The van der Waals surface area contributed by atoms with Crippen LogP contribution in [0.2, 0.25) is 0 Å². The summed E-state index contributed by atoms with van der Waals surface area (Å²) in [7, 11) is -1.33. The Balaban J connectivity index is 2.25.